The molecule has 1 aromatic heterocycles. The van der Waals surface area contributed by atoms with E-state index >= 15 is 0 Å². The highest BCUT2D eigenvalue weighted by Crippen LogP contribution is 2.34. The van der Waals surface area contributed by atoms with Gasteiger partial charge in [0.2, 0.25) is 0 Å². The van der Waals surface area contributed by atoms with E-state index in [9.17, 15) is 22.4 Å². The number of amidine groups is 1. The molecule has 3 aromatic rings. The largest absolute Gasteiger partial charge is 0.416 e. The van der Waals surface area contributed by atoms with Crippen molar-refractivity contribution in [1.82, 2.24) is 19.6 Å². The summed E-state index contributed by atoms with van der Waals surface area (Å²) in [5.41, 5.74) is 0.243. The highest BCUT2D eigenvalue weighted by Gasteiger charge is 2.34. The van der Waals surface area contributed by atoms with Crippen LogP contribution in [0.5, 0.6) is 0 Å². The number of fused-ring (bicyclic) bond motifs is 1. The van der Waals surface area contributed by atoms with Crippen LogP contribution in [0.2, 0.25) is 0 Å². The van der Waals surface area contributed by atoms with Crippen LogP contribution in [0.4, 0.5) is 17.6 Å². The van der Waals surface area contributed by atoms with Crippen molar-refractivity contribution in [3.8, 4) is 0 Å². The predicted octanol–water partition coefficient (Wildman–Crippen LogP) is 3.82. The van der Waals surface area contributed by atoms with Crippen LogP contribution < -0.4 is 0 Å². The lowest BCUT2D eigenvalue weighted by atomic mass is 10.1. The molecule has 37 heavy (non-hydrogen) atoms. The molecule has 1 N–H and O–H groups in total. The third-order valence-corrected chi connectivity index (χ3v) is 7.37. The van der Waals surface area contributed by atoms with Crippen LogP contribution in [-0.2, 0) is 17.5 Å². The molecule has 194 valence electrons. The van der Waals surface area contributed by atoms with Crippen molar-refractivity contribution >= 4 is 39.8 Å². The van der Waals surface area contributed by atoms with Gasteiger partial charge in [-0.25, -0.2) is 4.39 Å². The Hall–Kier alpha value is -3.22. The van der Waals surface area contributed by atoms with Gasteiger partial charge >= 0.3 is 6.18 Å². The summed E-state index contributed by atoms with van der Waals surface area (Å²) >= 11 is 1.31. The van der Waals surface area contributed by atoms with Gasteiger partial charge in [0.15, 0.2) is 5.17 Å². The fourth-order valence-corrected chi connectivity index (χ4v) is 5.39. The zero-order valence-electron chi connectivity index (χ0n) is 19.6. The molecule has 2 aliphatic heterocycles. The molecule has 0 spiro atoms. The van der Waals surface area contributed by atoms with Gasteiger partial charge in [-0.15, -0.1) is 0 Å². The minimum atomic E-state index is -4.68. The van der Waals surface area contributed by atoms with Crippen LogP contribution in [0.3, 0.4) is 0 Å². The molecule has 1 saturated heterocycles. The molecule has 0 aliphatic carbocycles. The van der Waals surface area contributed by atoms with Crippen molar-refractivity contribution in [2.45, 2.75) is 12.7 Å². The van der Waals surface area contributed by atoms with Crippen LogP contribution in [0.1, 0.15) is 16.7 Å². The second-order valence-corrected chi connectivity index (χ2v) is 9.79. The molecule has 0 bridgehead atoms. The number of aliphatic imine (C=N–C) groups is 1. The van der Waals surface area contributed by atoms with Gasteiger partial charge in [-0.05, 0) is 53.2 Å². The number of β-amino-alcohol motifs (C(OH)–C–C–N with tert-alkyl or cyclic N) is 1. The number of benzene rings is 2. The number of rotatable bonds is 5. The minimum Gasteiger partial charge on any atom is -0.395 e. The van der Waals surface area contributed by atoms with E-state index < -0.39 is 17.6 Å². The fourth-order valence-electron chi connectivity index (χ4n) is 4.42. The zero-order chi connectivity index (χ0) is 26.2. The van der Waals surface area contributed by atoms with Crippen molar-refractivity contribution in [1.29, 1.82) is 0 Å². The molecule has 0 saturated carbocycles. The summed E-state index contributed by atoms with van der Waals surface area (Å²) in [4.78, 5) is 21.4. The van der Waals surface area contributed by atoms with Gasteiger partial charge in [-0.1, -0.05) is 12.1 Å². The molecule has 0 radical (unpaired) electrons. The van der Waals surface area contributed by atoms with Gasteiger partial charge in [0.05, 0.1) is 35.3 Å². The van der Waals surface area contributed by atoms with E-state index in [1.54, 1.807) is 30.5 Å². The number of aliphatic hydroxyl groups excluding tert-OH is 1. The number of aliphatic hydroxyl groups is 1. The second kappa shape index (κ2) is 10.3. The van der Waals surface area contributed by atoms with Crippen molar-refractivity contribution < 1.29 is 27.5 Å². The summed E-state index contributed by atoms with van der Waals surface area (Å²) in [5.74, 6) is -1.26. The average molecular weight is 534 g/mol. The van der Waals surface area contributed by atoms with Crippen LogP contribution in [0.15, 0.2) is 52.5 Å². The van der Waals surface area contributed by atoms with Gasteiger partial charge in [-0.3, -0.25) is 14.4 Å². The number of hydrogen-bond donors (Lipinski definition) is 1. The first-order valence-corrected chi connectivity index (χ1v) is 12.4. The third-order valence-electron chi connectivity index (χ3n) is 6.33. The van der Waals surface area contributed by atoms with Crippen LogP contribution >= 0.6 is 11.8 Å². The zero-order valence-corrected chi connectivity index (χ0v) is 20.4. The predicted molar refractivity (Wildman–Crippen MR) is 133 cm³/mol. The monoisotopic (exact) mass is 533 g/mol. The van der Waals surface area contributed by atoms with Gasteiger partial charge in [0.25, 0.3) is 5.91 Å². The first-order valence-electron chi connectivity index (χ1n) is 11.6. The van der Waals surface area contributed by atoms with E-state index in [1.807, 2.05) is 0 Å². The SMILES string of the molecule is O=C1N=C(N2CCN(CCO)CC2)S/C1=C\c1ccc2c(cnn2Cc2ccc(F)cc2C(F)(F)F)c1. The molecule has 1 fully saturated rings. The van der Waals surface area contributed by atoms with Crippen LogP contribution in [0.25, 0.3) is 17.0 Å². The number of carbonyl (C=O) groups excluding carboxylic acids is 1. The molecule has 0 unspecified atom stereocenters. The standard InChI is InChI=1S/C25H23F4N5O2S/c26-19-3-2-17(20(13-19)25(27,28)29)15-34-21-4-1-16(11-18(21)14-30-34)12-22-23(36)31-24(37-22)33-7-5-32(6-8-33)9-10-35/h1-4,11-14,35H,5-10,15H2/b22-12-. The molecular formula is C25H23F4N5O2S. The second-order valence-electron chi connectivity index (χ2n) is 8.78. The van der Waals surface area contributed by atoms with E-state index in [-0.39, 0.29) is 24.6 Å². The highest BCUT2D eigenvalue weighted by molar-refractivity contribution is 8.18. The maximum absolute atomic E-state index is 13.4. The maximum atomic E-state index is 13.4. The lowest BCUT2D eigenvalue weighted by Gasteiger charge is -2.34. The molecule has 7 nitrogen and oxygen atoms in total. The number of hydrogen-bond acceptors (Lipinski definition) is 6. The summed E-state index contributed by atoms with van der Waals surface area (Å²) in [5, 5.41) is 14.7. The molecule has 2 aromatic carbocycles. The van der Waals surface area contributed by atoms with Gasteiger partial charge in [-0.2, -0.15) is 23.3 Å². The summed E-state index contributed by atoms with van der Waals surface area (Å²) in [6, 6.07) is 7.92. The summed E-state index contributed by atoms with van der Waals surface area (Å²) in [7, 11) is 0. The van der Waals surface area contributed by atoms with Crippen molar-refractivity contribution in [3.05, 3.63) is 70.0 Å². The number of piperazine rings is 1. The maximum Gasteiger partial charge on any atom is 0.416 e. The Morgan fingerprint density at radius 2 is 1.86 bits per heavy atom. The Morgan fingerprint density at radius 1 is 1.08 bits per heavy atom. The molecule has 1 amide bonds. The topological polar surface area (TPSA) is 74.0 Å². The lowest BCUT2D eigenvalue weighted by Crippen LogP contribution is -2.48. The first kappa shape index (κ1) is 25.4. The normalized spacial score (nSPS) is 18.3. The molecule has 5 rings (SSSR count). The third kappa shape index (κ3) is 5.55. The minimum absolute atomic E-state index is 0.0834. The van der Waals surface area contributed by atoms with Gasteiger partial charge < -0.3 is 10.0 Å². The Bertz CT molecular complexity index is 1390. The molecule has 0 atom stereocenters. The molecular weight excluding hydrogens is 510 g/mol. The Morgan fingerprint density at radius 3 is 2.59 bits per heavy atom. The number of aromatic nitrogens is 2. The van der Waals surface area contributed by atoms with Gasteiger partial charge in [0, 0.05) is 38.1 Å². The summed E-state index contributed by atoms with van der Waals surface area (Å²) < 4.78 is 55.0. The number of carbonyl (C=O) groups is 1. The van der Waals surface area contributed by atoms with Crippen molar-refractivity contribution in [3.63, 3.8) is 0 Å². The number of amides is 1. The van der Waals surface area contributed by atoms with E-state index in [1.165, 1.54) is 16.4 Å². The lowest BCUT2D eigenvalue weighted by molar-refractivity contribution is -0.138. The number of alkyl halides is 3. The first-order chi connectivity index (χ1) is 17.7. The van der Waals surface area contributed by atoms with Crippen molar-refractivity contribution in [2.75, 3.05) is 39.3 Å². The van der Waals surface area contributed by atoms with E-state index in [4.69, 9.17) is 5.11 Å². The van der Waals surface area contributed by atoms with Gasteiger partial charge in [0.1, 0.15) is 5.82 Å². The average Bonchev–Trinajstić information content (AvgIpc) is 3.43. The van der Waals surface area contributed by atoms with E-state index in [0.29, 0.717) is 33.6 Å². The Labute approximate surface area is 214 Å². The summed E-state index contributed by atoms with van der Waals surface area (Å²) in [6.07, 6.45) is -1.39. The molecule has 3 heterocycles. The summed E-state index contributed by atoms with van der Waals surface area (Å²) in [6.45, 7) is 3.60. The fraction of sp³-hybridized carbons (Fsp3) is 0.320. The number of thioether (sulfide) groups is 1. The number of halogens is 4. The van der Waals surface area contributed by atoms with Crippen molar-refractivity contribution in [2.24, 2.45) is 4.99 Å². The smallest absolute Gasteiger partial charge is 0.395 e. The van der Waals surface area contributed by atoms with E-state index in [0.717, 1.165) is 43.9 Å². The Kier molecular flexibility index (Phi) is 7.06. The Balaban J connectivity index is 1.31. The quantitative estimate of drug-likeness (QED) is 0.397. The molecule has 12 heteroatoms. The van der Waals surface area contributed by atoms with Crippen LogP contribution in [-0.4, -0.2) is 75.1 Å². The molecule has 2 aliphatic rings. The van der Waals surface area contributed by atoms with Crippen LogP contribution in [0, 0.1) is 5.82 Å². The number of nitrogens with zero attached hydrogens (tertiary/aromatic N) is 5. The highest BCUT2D eigenvalue weighted by atomic mass is 32.2. The van der Waals surface area contributed by atoms with E-state index in [2.05, 4.69) is 19.9 Å².